The summed E-state index contributed by atoms with van der Waals surface area (Å²) in [4.78, 5) is 13.2. The van der Waals surface area contributed by atoms with Crippen LogP contribution in [0.2, 0.25) is 0 Å². The molecule has 92 valence electrons. The molecule has 3 nitrogen and oxygen atoms in total. The minimum atomic E-state index is -0.686. The van der Waals surface area contributed by atoms with Crippen molar-refractivity contribution in [2.75, 3.05) is 13.1 Å². The third-order valence-electron chi connectivity index (χ3n) is 4.41. The zero-order chi connectivity index (χ0) is 11.8. The number of rotatable bonds is 3. The fourth-order valence-corrected chi connectivity index (χ4v) is 3.29. The van der Waals surface area contributed by atoms with Crippen LogP contribution in [0.4, 0.5) is 0 Å². The Labute approximate surface area is 97.8 Å². The molecule has 0 aromatic heterocycles. The minimum absolute atomic E-state index is 0.172. The largest absolute Gasteiger partial charge is 0.481 e. The van der Waals surface area contributed by atoms with Gasteiger partial charge in [-0.3, -0.25) is 9.69 Å². The highest BCUT2D eigenvalue weighted by atomic mass is 16.4. The summed E-state index contributed by atoms with van der Waals surface area (Å²) in [6.07, 6.45) is 7.09. The van der Waals surface area contributed by atoms with Gasteiger partial charge in [-0.15, -0.1) is 0 Å². The number of nitrogens with zero attached hydrogens (tertiary/aromatic N) is 1. The summed E-state index contributed by atoms with van der Waals surface area (Å²) in [6, 6.07) is 0. The average molecular weight is 225 g/mol. The van der Waals surface area contributed by atoms with E-state index in [9.17, 15) is 4.79 Å². The Morgan fingerprint density at radius 1 is 1.25 bits per heavy atom. The van der Waals surface area contributed by atoms with E-state index in [0.29, 0.717) is 5.41 Å². The third kappa shape index (κ3) is 2.24. The lowest BCUT2D eigenvalue weighted by atomic mass is 9.67. The van der Waals surface area contributed by atoms with Crippen molar-refractivity contribution in [3.8, 4) is 0 Å². The lowest BCUT2D eigenvalue weighted by Crippen LogP contribution is -2.64. The van der Waals surface area contributed by atoms with Gasteiger partial charge in [-0.1, -0.05) is 19.3 Å². The van der Waals surface area contributed by atoms with Gasteiger partial charge in [0.2, 0.25) is 0 Å². The van der Waals surface area contributed by atoms with Gasteiger partial charge >= 0.3 is 5.97 Å². The van der Waals surface area contributed by atoms with Gasteiger partial charge < -0.3 is 5.11 Å². The molecule has 1 aliphatic heterocycles. The SMILES string of the molecule is CC(C)(CC(=O)O)N1CC2(CCCCC2)C1. The lowest BCUT2D eigenvalue weighted by Gasteiger charge is -2.58. The molecule has 0 bridgehead atoms. The lowest BCUT2D eigenvalue weighted by molar-refractivity contribution is -0.144. The smallest absolute Gasteiger partial charge is 0.305 e. The third-order valence-corrected chi connectivity index (χ3v) is 4.41. The van der Waals surface area contributed by atoms with Crippen molar-refractivity contribution >= 4 is 5.97 Å². The van der Waals surface area contributed by atoms with E-state index < -0.39 is 5.97 Å². The second-order valence-electron chi connectivity index (χ2n) is 6.30. The van der Waals surface area contributed by atoms with Gasteiger partial charge in [0.15, 0.2) is 0 Å². The van der Waals surface area contributed by atoms with E-state index in [4.69, 9.17) is 5.11 Å². The van der Waals surface area contributed by atoms with Crippen LogP contribution in [0.15, 0.2) is 0 Å². The van der Waals surface area contributed by atoms with Gasteiger partial charge in [0.05, 0.1) is 6.42 Å². The van der Waals surface area contributed by atoms with Crippen LogP contribution in [0, 0.1) is 5.41 Å². The monoisotopic (exact) mass is 225 g/mol. The number of hydrogen-bond acceptors (Lipinski definition) is 2. The first-order valence-corrected chi connectivity index (χ1v) is 6.41. The van der Waals surface area contributed by atoms with Gasteiger partial charge in [0, 0.05) is 18.6 Å². The molecule has 1 saturated carbocycles. The van der Waals surface area contributed by atoms with Crippen LogP contribution >= 0.6 is 0 Å². The van der Waals surface area contributed by atoms with E-state index in [0.717, 1.165) is 13.1 Å². The van der Waals surface area contributed by atoms with Gasteiger partial charge in [0.25, 0.3) is 0 Å². The molecule has 0 unspecified atom stereocenters. The molecule has 1 spiro atoms. The van der Waals surface area contributed by atoms with E-state index in [1.54, 1.807) is 0 Å². The topological polar surface area (TPSA) is 40.5 Å². The van der Waals surface area contributed by atoms with Crippen LogP contribution in [-0.4, -0.2) is 34.6 Å². The number of aliphatic carboxylic acids is 1. The summed E-state index contributed by atoms with van der Waals surface area (Å²) in [6.45, 7) is 6.34. The van der Waals surface area contributed by atoms with Crippen molar-refractivity contribution in [1.82, 2.24) is 4.90 Å². The predicted molar refractivity (Wildman–Crippen MR) is 63.4 cm³/mol. The first-order valence-electron chi connectivity index (χ1n) is 6.41. The molecule has 2 aliphatic rings. The number of carbonyl (C=O) groups is 1. The summed E-state index contributed by atoms with van der Waals surface area (Å²) < 4.78 is 0. The molecule has 2 fully saturated rings. The Hall–Kier alpha value is -0.570. The summed E-state index contributed by atoms with van der Waals surface area (Å²) in [7, 11) is 0. The van der Waals surface area contributed by atoms with Crippen molar-refractivity contribution in [1.29, 1.82) is 0 Å². The molecule has 2 rings (SSSR count). The zero-order valence-corrected chi connectivity index (χ0v) is 10.5. The Kier molecular flexibility index (Phi) is 2.99. The van der Waals surface area contributed by atoms with Gasteiger partial charge in [-0.05, 0) is 32.1 Å². The van der Waals surface area contributed by atoms with Gasteiger partial charge in [-0.25, -0.2) is 0 Å². The summed E-state index contributed by atoms with van der Waals surface area (Å²) in [5.74, 6) is -0.686. The molecule has 0 radical (unpaired) electrons. The van der Waals surface area contributed by atoms with E-state index in [1.807, 2.05) is 0 Å². The first-order chi connectivity index (χ1) is 7.44. The standard InChI is InChI=1S/C13H23NO2/c1-12(2,8-11(15)16)14-9-13(10-14)6-4-3-5-7-13/h3-10H2,1-2H3,(H,15,16). The van der Waals surface area contributed by atoms with E-state index in [-0.39, 0.29) is 12.0 Å². The van der Waals surface area contributed by atoms with Crippen LogP contribution in [-0.2, 0) is 4.79 Å². The number of carboxylic acids is 1. The van der Waals surface area contributed by atoms with Crippen LogP contribution in [0.5, 0.6) is 0 Å². The summed E-state index contributed by atoms with van der Waals surface area (Å²) in [5.41, 5.74) is 0.378. The first kappa shape index (κ1) is 11.9. The summed E-state index contributed by atoms with van der Waals surface area (Å²) >= 11 is 0. The fourth-order valence-electron chi connectivity index (χ4n) is 3.29. The van der Waals surface area contributed by atoms with Crippen molar-refractivity contribution in [3.63, 3.8) is 0 Å². The maximum Gasteiger partial charge on any atom is 0.305 e. The van der Waals surface area contributed by atoms with Gasteiger partial charge in [0.1, 0.15) is 0 Å². The molecular weight excluding hydrogens is 202 g/mol. The minimum Gasteiger partial charge on any atom is -0.481 e. The normalized spacial score (nSPS) is 25.4. The second-order valence-corrected chi connectivity index (χ2v) is 6.30. The van der Waals surface area contributed by atoms with E-state index in [1.165, 1.54) is 32.1 Å². The molecule has 3 heteroatoms. The molecule has 0 aromatic rings. The highest BCUT2D eigenvalue weighted by molar-refractivity contribution is 5.68. The van der Waals surface area contributed by atoms with Crippen LogP contribution in [0.25, 0.3) is 0 Å². The maximum atomic E-state index is 10.8. The fraction of sp³-hybridized carbons (Fsp3) is 0.923. The van der Waals surface area contributed by atoms with Crippen molar-refractivity contribution < 1.29 is 9.90 Å². The van der Waals surface area contributed by atoms with E-state index in [2.05, 4.69) is 18.7 Å². The Bertz CT molecular complexity index is 272. The molecular formula is C13H23NO2. The van der Waals surface area contributed by atoms with E-state index >= 15 is 0 Å². The number of carboxylic acid groups (broad SMARTS) is 1. The number of hydrogen-bond donors (Lipinski definition) is 1. The molecule has 1 N–H and O–H groups in total. The van der Waals surface area contributed by atoms with Crippen LogP contribution in [0.1, 0.15) is 52.4 Å². The molecule has 16 heavy (non-hydrogen) atoms. The maximum absolute atomic E-state index is 10.8. The highest BCUT2D eigenvalue weighted by Crippen LogP contribution is 2.46. The Morgan fingerprint density at radius 3 is 2.31 bits per heavy atom. The van der Waals surface area contributed by atoms with Crippen molar-refractivity contribution in [3.05, 3.63) is 0 Å². The Balaban J connectivity index is 1.88. The zero-order valence-electron chi connectivity index (χ0n) is 10.5. The Morgan fingerprint density at radius 2 is 1.81 bits per heavy atom. The van der Waals surface area contributed by atoms with Crippen LogP contribution in [0.3, 0.4) is 0 Å². The molecule has 0 amide bonds. The highest BCUT2D eigenvalue weighted by Gasteiger charge is 2.48. The molecule has 0 atom stereocenters. The molecule has 1 saturated heterocycles. The summed E-state index contributed by atoms with van der Waals surface area (Å²) in [5, 5.41) is 8.89. The van der Waals surface area contributed by atoms with Crippen molar-refractivity contribution in [2.45, 2.75) is 57.9 Å². The molecule has 0 aromatic carbocycles. The second kappa shape index (κ2) is 4.02. The molecule has 1 aliphatic carbocycles. The van der Waals surface area contributed by atoms with Crippen LogP contribution < -0.4 is 0 Å². The van der Waals surface area contributed by atoms with Crippen molar-refractivity contribution in [2.24, 2.45) is 5.41 Å². The van der Waals surface area contributed by atoms with Gasteiger partial charge in [-0.2, -0.15) is 0 Å². The molecule has 1 heterocycles. The predicted octanol–water partition coefficient (Wildman–Crippen LogP) is 2.51. The quantitative estimate of drug-likeness (QED) is 0.802. The number of likely N-dealkylation sites (tertiary alicyclic amines) is 1. The average Bonchev–Trinajstić information content (AvgIpc) is 2.13.